The molecule has 1 aromatic carbocycles. The van der Waals surface area contributed by atoms with Crippen molar-refractivity contribution in [1.82, 2.24) is 4.98 Å². The number of hydrogen-bond donors (Lipinski definition) is 2. The molecule has 1 heterocycles. The van der Waals surface area contributed by atoms with Crippen LogP contribution in [-0.2, 0) is 0 Å². The Hall–Kier alpha value is -2.04. The SMILES string of the molecule is CCCOc1c(I)cc(Br)cc1-c1c(C#N)c(N)[nH]c(=O)c1C#N. The second-order valence-corrected chi connectivity index (χ2v) is 6.91. The van der Waals surface area contributed by atoms with Gasteiger partial charge in [0.25, 0.3) is 5.56 Å². The van der Waals surface area contributed by atoms with Gasteiger partial charge in [-0.15, -0.1) is 0 Å². The van der Waals surface area contributed by atoms with Gasteiger partial charge < -0.3 is 15.5 Å². The zero-order valence-electron chi connectivity index (χ0n) is 12.6. The Kier molecular flexibility index (Phi) is 5.86. The molecular formula is C16H12BrIN4O2. The summed E-state index contributed by atoms with van der Waals surface area (Å²) in [6, 6.07) is 7.39. The number of nitrogens with two attached hydrogens (primary N) is 1. The van der Waals surface area contributed by atoms with Gasteiger partial charge in [-0.1, -0.05) is 22.9 Å². The summed E-state index contributed by atoms with van der Waals surface area (Å²) in [4.78, 5) is 14.4. The molecule has 0 fully saturated rings. The van der Waals surface area contributed by atoms with Crippen LogP contribution in [0.25, 0.3) is 11.1 Å². The summed E-state index contributed by atoms with van der Waals surface area (Å²) in [5, 5.41) is 18.9. The summed E-state index contributed by atoms with van der Waals surface area (Å²) < 4.78 is 7.33. The van der Waals surface area contributed by atoms with Crippen molar-refractivity contribution in [3.8, 4) is 29.0 Å². The third kappa shape index (κ3) is 3.40. The lowest BCUT2D eigenvalue weighted by Crippen LogP contribution is -2.16. The van der Waals surface area contributed by atoms with E-state index >= 15 is 0 Å². The first kappa shape index (κ1) is 18.3. The van der Waals surface area contributed by atoms with Crippen LogP contribution in [0, 0.1) is 26.2 Å². The molecular weight excluding hydrogens is 487 g/mol. The Morgan fingerprint density at radius 1 is 1.33 bits per heavy atom. The van der Waals surface area contributed by atoms with Crippen molar-refractivity contribution in [3.05, 3.63) is 41.7 Å². The number of aromatic amines is 1. The number of ether oxygens (including phenoxy) is 1. The van der Waals surface area contributed by atoms with Crippen molar-refractivity contribution in [3.63, 3.8) is 0 Å². The molecule has 122 valence electrons. The van der Waals surface area contributed by atoms with Crippen LogP contribution < -0.4 is 16.0 Å². The number of aromatic nitrogens is 1. The van der Waals surface area contributed by atoms with Crippen LogP contribution in [0.5, 0.6) is 5.75 Å². The van der Waals surface area contributed by atoms with Crippen LogP contribution in [0.3, 0.4) is 0 Å². The number of hydrogen-bond acceptors (Lipinski definition) is 5. The number of nitrogen functional groups attached to an aromatic ring is 1. The average Bonchev–Trinajstić information content (AvgIpc) is 2.52. The van der Waals surface area contributed by atoms with Crippen molar-refractivity contribution in [2.75, 3.05) is 12.3 Å². The zero-order valence-corrected chi connectivity index (χ0v) is 16.4. The molecule has 1 aromatic heterocycles. The van der Waals surface area contributed by atoms with Crippen LogP contribution in [0.15, 0.2) is 21.4 Å². The number of rotatable bonds is 4. The van der Waals surface area contributed by atoms with Crippen molar-refractivity contribution in [2.24, 2.45) is 0 Å². The molecule has 0 atom stereocenters. The van der Waals surface area contributed by atoms with Gasteiger partial charge in [0.15, 0.2) is 0 Å². The number of benzene rings is 1. The van der Waals surface area contributed by atoms with Crippen molar-refractivity contribution in [1.29, 1.82) is 10.5 Å². The van der Waals surface area contributed by atoms with Gasteiger partial charge in [0.05, 0.1) is 10.2 Å². The van der Waals surface area contributed by atoms with Gasteiger partial charge in [0.1, 0.15) is 34.8 Å². The summed E-state index contributed by atoms with van der Waals surface area (Å²) in [5.74, 6) is 0.437. The number of H-pyrrole nitrogens is 1. The molecule has 0 spiro atoms. The smallest absolute Gasteiger partial charge is 0.268 e. The topological polar surface area (TPSA) is 116 Å². The maximum atomic E-state index is 12.1. The van der Waals surface area contributed by atoms with Gasteiger partial charge in [-0.3, -0.25) is 4.79 Å². The first-order valence-electron chi connectivity index (χ1n) is 6.92. The third-order valence-corrected chi connectivity index (χ3v) is 4.46. The van der Waals surface area contributed by atoms with Gasteiger partial charge in [0.2, 0.25) is 0 Å². The molecule has 0 saturated heterocycles. The average molecular weight is 499 g/mol. The van der Waals surface area contributed by atoms with Crippen LogP contribution in [-0.4, -0.2) is 11.6 Å². The second-order valence-electron chi connectivity index (χ2n) is 4.83. The number of pyridine rings is 1. The van der Waals surface area contributed by atoms with Crippen LogP contribution in [0.2, 0.25) is 0 Å². The fourth-order valence-corrected chi connectivity index (χ4v) is 3.88. The molecule has 2 rings (SSSR count). The monoisotopic (exact) mass is 498 g/mol. The molecule has 0 aliphatic carbocycles. The van der Waals surface area contributed by atoms with E-state index in [1.807, 2.05) is 25.1 Å². The van der Waals surface area contributed by atoms with Gasteiger partial charge >= 0.3 is 0 Å². The summed E-state index contributed by atoms with van der Waals surface area (Å²) in [6.45, 7) is 2.44. The summed E-state index contributed by atoms with van der Waals surface area (Å²) in [7, 11) is 0. The first-order chi connectivity index (χ1) is 11.4. The Balaban J connectivity index is 2.94. The van der Waals surface area contributed by atoms with Gasteiger partial charge in [0, 0.05) is 15.6 Å². The van der Waals surface area contributed by atoms with E-state index in [9.17, 15) is 15.3 Å². The van der Waals surface area contributed by atoms with Crippen LogP contribution in [0.4, 0.5) is 5.82 Å². The normalized spacial score (nSPS) is 10.0. The minimum Gasteiger partial charge on any atom is -0.492 e. The molecule has 8 heteroatoms. The maximum Gasteiger partial charge on any atom is 0.268 e. The van der Waals surface area contributed by atoms with Crippen molar-refractivity contribution < 1.29 is 4.74 Å². The number of nitrogens with one attached hydrogen (secondary N) is 1. The Morgan fingerprint density at radius 2 is 2.00 bits per heavy atom. The second kappa shape index (κ2) is 7.69. The van der Waals surface area contributed by atoms with Crippen LogP contribution in [0.1, 0.15) is 24.5 Å². The highest BCUT2D eigenvalue weighted by Crippen LogP contribution is 2.40. The molecule has 0 saturated carbocycles. The van der Waals surface area contributed by atoms with Gasteiger partial charge in [-0.05, 0) is 41.1 Å². The van der Waals surface area contributed by atoms with Gasteiger partial charge in [-0.2, -0.15) is 10.5 Å². The fraction of sp³-hybridized carbons (Fsp3) is 0.188. The number of nitriles is 2. The predicted molar refractivity (Wildman–Crippen MR) is 103 cm³/mol. The van der Waals surface area contributed by atoms with E-state index in [-0.39, 0.29) is 22.5 Å². The van der Waals surface area contributed by atoms with E-state index in [1.54, 1.807) is 6.07 Å². The molecule has 0 aliphatic rings. The molecule has 0 radical (unpaired) electrons. The standard InChI is InChI=1S/C16H12BrIN4O2/c1-2-3-24-14-9(4-8(17)5-12(14)18)13-10(6-19)15(21)22-16(23)11(13)7-20/h4-5H,2-3H2,1H3,(H3,21,22,23). The quantitative estimate of drug-likeness (QED) is 0.625. The highest BCUT2D eigenvalue weighted by molar-refractivity contribution is 14.1. The molecule has 3 N–H and O–H groups in total. The molecule has 0 amide bonds. The van der Waals surface area contributed by atoms with E-state index in [4.69, 9.17) is 10.5 Å². The molecule has 24 heavy (non-hydrogen) atoms. The van der Waals surface area contributed by atoms with E-state index in [1.165, 1.54) is 0 Å². The maximum absolute atomic E-state index is 12.1. The highest BCUT2D eigenvalue weighted by Gasteiger charge is 2.23. The Bertz CT molecular complexity index is 941. The zero-order chi connectivity index (χ0) is 17.9. The molecule has 0 aliphatic heterocycles. The minimum atomic E-state index is -0.638. The first-order valence-corrected chi connectivity index (χ1v) is 8.79. The van der Waals surface area contributed by atoms with E-state index in [0.717, 1.165) is 14.5 Å². The number of anilines is 1. The van der Waals surface area contributed by atoms with E-state index in [2.05, 4.69) is 43.5 Å². The lowest BCUT2D eigenvalue weighted by atomic mass is 9.96. The van der Waals surface area contributed by atoms with Crippen LogP contribution >= 0.6 is 38.5 Å². The van der Waals surface area contributed by atoms with E-state index in [0.29, 0.717) is 17.9 Å². The highest BCUT2D eigenvalue weighted by atomic mass is 127. The van der Waals surface area contributed by atoms with Crippen molar-refractivity contribution in [2.45, 2.75) is 13.3 Å². The molecule has 0 unspecified atom stereocenters. The fourth-order valence-electron chi connectivity index (χ4n) is 2.21. The molecule has 2 aromatic rings. The third-order valence-electron chi connectivity index (χ3n) is 3.20. The number of nitrogens with zero attached hydrogens (tertiary/aromatic N) is 2. The molecule has 6 nitrogen and oxygen atoms in total. The lowest BCUT2D eigenvalue weighted by Gasteiger charge is -2.16. The summed E-state index contributed by atoms with van der Waals surface area (Å²) in [6.07, 6.45) is 0.791. The Labute approximate surface area is 160 Å². The predicted octanol–water partition coefficient (Wildman–Crippen LogP) is 3.52. The largest absolute Gasteiger partial charge is 0.492 e. The molecule has 0 bridgehead atoms. The number of halogens is 2. The van der Waals surface area contributed by atoms with E-state index < -0.39 is 5.56 Å². The van der Waals surface area contributed by atoms with Gasteiger partial charge in [-0.25, -0.2) is 0 Å². The van der Waals surface area contributed by atoms with Crippen molar-refractivity contribution >= 4 is 44.3 Å². The summed E-state index contributed by atoms with van der Waals surface area (Å²) >= 11 is 5.50. The summed E-state index contributed by atoms with van der Waals surface area (Å²) in [5.41, 5.74) is 5.68. The lowest BCUT2D eigenvalue weighted by molar-refractivity contribution is 0.316. The minimum absolute atomic E-state index is 0.0430. The Morgan fingerprint density at radius 3 is 2.58 bits per heavy atom.